The van der Waals surface area contributed by atoms with Gasteiger partial charge in [-0.25, -0.2) is 4.68 Å². The molecule has 2 aromatic carbocycles. The predicted molar refractivity (Wildman–Crippen MR) is 119 cm³/mol. The first-order valence-electron chi connectivity index (χ1n) is 10.3. The molecule has 170 valence electrons. The number of nitro benzene ring substituents is 1. The maximum atomic E-state index is 12.8. The molecule has 1 aliphatic rings. The van der Waals surface area contributed by atoms with Crippen LogP contribution in [-0.2, 0) is 4.79 Å². The van der Waals surface area contributed by atoms with Crippen LogP contribution < -0.4 is 10.2 Å². The number of hydrogen-bond acceptors (Lipinski definition) is 8. The minimum Gasteiger partial charge on any atom is -0.362 e. The van der Waals surface area contributed by atoms with E-state index in [4.69, 9.17) is 0 Å². The molecule has 4 rings (SSSR count). The second kappa shape index (κ2) is 9.02. The molecule has 1 aromatic heterocycles. The van der Waals surface area contributed by atoms with Crippen molar-refractivity contribution in [3.05, 3.63) is 64.0 Å². The Kier molecular flexibility index (Phi) is 5.98. The van der Waals surface area contributed by atoms with Gasteiger partial charge in [0, 0.05) is 50.4 Å². The van der Waals surface area contributed by atoms with E-state index >= 15 is 0 Å². The number of nitrogens with one attached hydrogen (secondary N) is 1. The lowest BCUT2D eigenvalue weighted by Gasteiger charge is -2.35. The van der Waals surface area contributed by atoms with E-state index in [9.17, 15) is 19.7 Å². The van der Waals surface area contributed by atoms with Crippen LogP contribution in [0.4, 0.5) is 17.1 Å². The van der Waals surface area contributed by atoms with Gasteiger partial charge < -0.3 is 15.1 Å². The predicted octanol–water partition coefficient (Wildman–Crippen LogP) is 1.80. The van der Waals surface area contributed by atoms with Crippen LogP contribution >= 0.6 is 0 Å². The van der Waals surface area contributed by atoms with E-state index in [1.165, 1.54) is 24.0 Å². The van der Waals surface area contributed by atoms with Crippen molar-refractivity contribution in [2.75, 3.05) is 36.4 Å². The number of tetrazole rings is 1. The largest absolute Gasteiger partial charge is 0.362 e. The quantitative estimate of drug-likeness (QED) is 0.458. The Morgan fingerprint density at radius 2 is 1.82 bits per heavy atom. The number of carbonyl (C=O) groups excluding carboxylic acids is 2. The number of rotatable bonds is 5. The van der Waals surface area contributed by atoms with Gasteiger partial charge in [0.15, 0.2) is 0 Å². The summed E-state index contributed by atoms with van der Waals surface area (Å²) in [5, 5.41) is 25.6. The number of benzene rings is 2. The van der Waals surface area contributed by atoms with Gasteiger partial charge in [0.1, 0.15) is 12.0 Å². The topological polar surface area (TPSA) is 139 Å². The normalized spacial score (nSPS) is 13.6. The second-order valence-electron chi connectivity index (χ2n) is 7.66. The molecule has 1 N–H and O–H groups in total. The standard InChI is InChI=1S/C21H22N8O4/c1-14-3-5-17(12-19(14)28-13-22-24-25-28)23-21(31)16-4-6-18(20(11-16)29(32)33)27-9-7-26(8-10-27)15(2)30/h3-6,11-13H,7-10H2,1-2H3,(H,23,31). The molecule has 0 spiro atoms. The van der Waals surface area contributed by atoms with E-state index in [-0.39, 0.29) is 17.2 Å². The third-order valence-corrected chi connectivity index (χ3v) is 5.56. The molecule has 12 heteroatoms. The molecule has 0 bridgehead atoms. The highest BCUT2D eigenvalue weighted by Gasteiger charge is 2.26. The van der Waals surface area contributed by atoms with Crippen LogP contribution in [0, 0.1) is 17.0 Å². The van der Waals surface area contributed by atoms with Gasteiger partial charge in [-0.2, -0.15) is 0 Å². The molecule has 2 amide bonds. The molecule has 33 heavy (non-hydrogen) atoms. The first-order valence-corrected chi connectivity index (χ1v) is 10.3. The molecule has 0 radical (unpaired) electrons. The van der Waals surface area contributed by atoms with Crippen molar-refractivity contribution in [1.29, 1.82) is 0 Å². The number of carbonyl (C=O) groups is 2. The van der Waals surface area contributed by atoms with Crippen molar-refractivity contribution in [3.8, 4) is 5.69 Å². The van der Waals surface area contributed by atoms with Gasteiger partial charge in [-0.05, 0) is 47.2 Å². The lowest BCUT2D eigenvalue weighted by molar-refractivity contribution is -0.384. The Morgan fingerprint density at radius 3 is 2.45 bits per heavy atom. The zero-order chi connectivity index (χ0) is 23.5. The summed E-state index contributed by atoms with van der Waals surface area (Å²) in [5.74, 6) is -0.493. The maximum absolute atomic E-state index is 12.8. The van der Waals surface area contributed by atoms with Crippen LogP contribution in [0.15, 0.2) is 42.7 Å². The van der Waals surface area contributed by atoms with Gasteiger partial charge in [0.2, 0.25) is 5.91 Å². The van der Waals surface area contributed by atoms with Crippen molar-refractivity contribution < 1.29 is 14.5 Å². The molecule has 0 aliphatic carbocycles. The van der Waals surface area contributed by atoms with Gasteiger partial charge in [0.25, 0.3) is 11.6 Å². The summed E-state index contributed by atoms with van der Waals surface area (Å²) in [7, 11) is 0. The van der Waals surface area contributed by atoms with Crippen LogP contribution in [0.25, 0.3) is 5.69 Å². The highest BCUT2D eigenvalue weighted by molar-refractivity contribution is 6.05. The number of hydrogen-bond donors (Lipinski definition) is 1. The first-order chi connectivity index (χ1) is 15.8. The average molecular weight is 450 g/mol. The maximum Gasteiger partial charge on any atom is 0.293 e. The average Bonchev–Trinajstić information content (AvgIpc) is 3.34. The van der Waals surface area contributed by atoms with Crippen molar-refractivity contribution in [2.45, 2.75) is 13.8 Å². The van der Waals surface area contributed by atoms with Gasteiger partial charge in [-0.1, -0.05) is 6.07 Å². The lowest BCUT2D eigenvalue weighted by Crippen LogP contribution is -2.48. The number of aromatic nitrogens is 4. The molecule has 12 nitrogen and oxygen atoms in total. The van der Waals surface area contributed by atoms with Gasteiger partial charge in [-0.3, -0.25) is 19.7 Å². The Hall–Kier alpha value is -4.35. The Labute approximate surface area is 188 Å². The van der Waals surface area contributed by atoms with E-state index in [1.54, 1.807) is 29.2 Å². The smallest absolute Gasteiger partial charge is 0.293 e. The van der Waals surface area contributed by atoms with Crippen molar-refractivity contribution >= 4 is 28.9 Å². The molecule has 3 aromatic rings. The van der Waals surface area contributed by atoms with Crippen LogP contribution in [0.3, 0.4) is 0 Å². The van der Waals surface area contributed by atoms with Crippen molar-refractivity contribution in [1.82, 2.24) is 25.1 Å². The van der Waals surface area contributed by atoms with Crippen LogP contribution in [0.2, 0.25) is 0 Å². The fraction of sp³-hybridized carbons (Fsp3) is 0.286. The summed E-state index contributed by atoms with van der Waals surface area (Å²) in [5.41, 5.74) is 2.54. The minimum atomic E-state index is -0.495. The summed E-state index contributed by atoms with van der Waals surface area (Å²) in [4.78, 5) is 39.2. The summed E-state index contributed by atoms with van der Waals surface area (Å²) in [6.45, 7) is 5.34. The van der Waals surface area contributed by atoms with Crippen LogP contribution in [0.5, 0.6) is 0 Å². The number of nitrogens with zero attached hydrogens (tertiary/aromatic N) is 7. The van der Waals surface area contributed by atoms with E-state index < -0.39 is 10.8 Å². The number of anilines is 2. The molecular weight excluding hydrogens is 428 g/mol. The van der Waals surface area contributed by atoms with E-state index in [0.29, 0.717) is 43.2 Å². The number of amides is 2. The molecule has 1 fully saturated rings. The van der Waals surface area contributed by atoms with Crippen LogP contribution in [-0.4, -0.2) is 68.0 Å². The highest BCUT2D eigenvalue weighted by Crippen LogP contribution is 2.30. The Bertz CT molecular complexity index is 1200. The van der Waals surface area contributed by atoms with Crippen molar-refractivity contribution in [2.24, 2.45) is 0 Å². The summed E-state index contributed by atoms with van der Waals surface area (Å²) >= 11 is 0. The molecule has 0 unspecified atom stereocenters. The molecule has 0 saturated carbocycles. The summed E-state index contributed by atoms with van der Waals surface area (Å²) < 4.78 is 1.48. The zero-order valence-corrected chi connectivity index (χ0v) is 18.1. The third-order valence-electron chi connectivity index (χ3n) is 5.56. The number of nitro groups is 1. The monoisotopic (exact) mass is 450 g/mol. The highest BCUT2D eigenvalue weighted by atomic mass is 16.6. The van der Waals surface area contributed by atoms with Crippen LogP contribution in [0.1, 0.15) is 22.8 Å². The van der Waals surface area contributed by atoms with Gasteiger partial charge in [-0.15, -0.1) is 5.10 Å². The fourth-order valence-corrected chi connectivity index (χ4v) is 3.75. The Morgan fingerprint density at radius 1 is 1.06 bits per heavy atom. The van der Waals surface area contributed by atoms with E-state index in [1.807, 2.05) is 17.9 Å². The third kappa shape index (κ3) is 4.63. The SMILES string of the molecule is CC(=O)N1CCN(c2ccc(C(=O)Nc3ccc(C)c(-n4cnnn4)c3)cc2[N+](=O)[O-])CC1. The van der Waals surface area contributed by atoms with Gasteiger partial charge in [0.05, 0.1) is 10.6 Å². The van der Waals surface area contributed by atoms with Gasteiger partial charge >= 0.3 is 0 Å². The second-order valence-corrected chi connectivity index (χ2v) is 7.66. The molecule has 1 aliphatic heterocycles. The lowest BCUT2D eigenvalue weighted by atomic mass is 10.1. The Balaban J connectivity index is 1.54. The molecular formula is C21H22N8O4. The minimum absolute atomic E-state index is 0.0180. The molecule has 0 atom stereocenters. The first kappa shape index (κ1) is 21.9. The van der Waals surface area contributed by atoms with Crippen molar-refractivity contribution in [3.63, 3.8) is 0 Å². The summed E-state index contributed by atoms with van der Waals surface area (Å²) in [6.07, 6.45) is 1.45. The molecule has 2 heterocycles. The fourth-order valence-electron chi connectivity index (χ4n) is 3.75. The zero-order valence-electron chi connectivity index (χ0n) is 18.1. The van der Waals surface area contributed by atoms with E-state index in [2.05, 4.69) is 20.8 Å². The number of aryl methyl sites for hydroxylation is 1. The van der Waals surface area contributed by atoms with E-state index in [0.717, 1.165) is 5.56 Å². The molecule has 1 saturated heterocycles. The number of piperazine rings is 1. The summed E-state index contributed by atoms with van der Waals surface area (Å²) in [6, 6.07) is 9.69.